The second-order valence-electron chi connectivity index (χ2n) is 6.15. The van der Waals surface area contributed by atoms with E-state index < -0.39 is 11.7 Å². The predicted octanol–water partition coefficient (Wildman–Crippen LogP) is 3.02. The average Bonchev–Trinajstić information content (AvgIpc) is 2.82. The van der Waals surface area contributed by atoms with Gasteiger partial charge in [0.15, 0.2) is 0 Å². The molecule has 0 radical (unpaired) electrons. The minimum atomic E-state index is -0.493. The van der Waals surface area contributed by atoms with E-state index in [1.165, 1.54) is 12.8 Å². The summed E-state index contributed by atoms with van der Waals surface area (Å²) < 4.78 is 5.19. The largest absolute Gasteiger partial charge is 0.444 e. The van der Waals surface area contributed by atoms with Crippen molar-refractivity contribution in [1.29, 1.82) is 0 Å². The molecule has 1 amide bonds. The number of amides is 1. The van der Waals surface area contributed by atoms with Crippen LogP contribution in [0.5, 0.6) is 0 Å². The third-order valence-electron chi connectivity index (χ3n) is 3.05. The zero-order valence-corrected chi connectivity index (χ0v) is 12.5. The number of nitrogens with zero attached hydrogens (tertiary/aromatic N) is 2. The van der Waals surface area contributed by atoms with Crippen LogP contribution in [-0.2, 0) is 11.3 Å². The normalized spacial score (nSPS) is 16.1. The van der Waals surface area contributed by atoms with Crippen molar-refractivity contribution in [2.45, 2.75) is 45.8 Å². The molecule has 1 aliphatic heterocycles. The molecule has 1 aromatic rings. The first-order valence-electron chi connectivity index (χ1n) is 7.10. The van der Waals surface area contributed by atoms with Crippen molar-refractivity contribution in [3.8, 4) is 0 Å². The number of rotatable bonds is 3. The van der Waals surface area contributed by atoms with E-state index in [0.29, 0.717) is 5.69 Å². The highest BCUT2D eigenvalue weighted by molar-refractivity contribution is 5.84. The van der Waals surface area contributed by atoms with Crippen LogP contribution in [0.2, 0.25) is 0 Å². The summed E-state index contributed by atoms with van der Waals surface area (Å²) >= 11 is 0. The molecule has 2 heterocycles. The van der Waals surface area contributed by atoms with Crippen molar-refractivity contribution in [1.82, 2.24) is 9.88 Å². The van der Waals surface area contributed by atoms with Crippen molar-refractivity contribution in [3.63, 3.8) is 0 Å². The van der Waals surface area contributed by atoms with E-state index in [1.807, 2.05) is 32.9 Å². The third kappa shape index (κ3) is 4.81. The molecule has 0 aromatic carbocycles. The molecule has 1 aromatic heterocycles. The number of aromatic nitrogens is 1. The Morgan fingerprint density at radius 1 is 1.35 bits per heavy atom. The van der Waals surface area contributed by atoms with Gasteiger partial charge in [0, 0.05) is 6.54 Å². The maximum Gasteiger partial charge on any atom is 0.412 e. The highest BCUT2D eigenvalue weighted by Gasteiger charge is 2.16. The Labute approximate surface area is 120 Å². The molecule has 0 saturated carbocycles. The van der Waals surface area contributed by atoms with Gasteiger partial charge in [0.2, 0.25) is 0 Å². The molecular weight excluding hydrogens is 254 g/mol. The minimum absolute atomic E-state index is 0.452. The molecule has 110 valence electrons. The van der Waals surface area contributed by atoms with Crippen molar-refractivity contribution in [2.24, 2.45) is 0 Å². The van der Waals surface area contributed by atoms with Gasteiger partial charge in [-0.05, 0) is 58.8 Å². The van der Waals surface area contributed by atoms with Crippen LogP contribution in [0.15, 0.2) is 18.3 Å². The molecule has 1 N–H and O–H groups in total. The quantitative estimate of drug-likeness (QED) is 0.922. The van der Waals surface area contributed by atoms with E-state index in [9.17, 15) is 4.79 Å². The summed E-state index contributed by atoms with van der Waals surface area (Å²) in [5, 5.41) is 2.68. The first-order valence-corrected chi connectivity index (χ1v) is 7.10. The molecule has 1 saturated heterocycles. The predicted molar refractivity (Wildman–Crippen MR) is 78.6 cm³/mol. The Hall–Kier alpha value is -1.62. The summed E-state index contributed by atoms with van der Waals surface area (Å²) in [7, 11) is 0. The maximum atomic E-state index is 11.6. The fourth-order valence-corrected chi connectivity index (χ4v) is 2.18. The summed E-state index contributed by atoms with van der Waals surface area (Å²) in [4.78, 5) is 18.4. The van der Waals surface area contributed by atoms with Crippen LogP contribution < -0.4 is 5.32 Å². The number of likely N-dealkylation sites (tertiary alicyclic amines) is 1. The number of anilines is 1. The van der Waals surface area contributed by atoms with Crippen LogP contribution in [0.4, 0.5) is 10.5 Å². The summed E-state index contributed by atoms with van der Waals surface area (Å²) in [5.41, 5.74) is 1.19. The van der Waals surface area contributed by atoms with Gasteiger partial charge in [-0.1, -0.05) is 0 Å². The number of pyridine rings is 1. The second-order valence-corrected chi connectivity index (χ2v) is 6.15. The Kier molecular flexibility index (Phi) is 4.60. The van der Waals surface area contributed by atoms with Crippen LogP contribution in [0, 0.1) is 0 Å². The van der Waals surface area contributed by atoms with Gasteiger partial charge in [0.05, 0.1) is 17.6 Å². The molecular formula is C15H23N3O2. The zero-order chi connectivity index (χ0) is 14.6. The Balaban J connectivity index is 1.86. The lowest BCUT2D eigenvalue weighted by atomic mass is 10.2. The average molecular weight is 277 g/mol. The molecule has 0 aliphatic carbocycles. The molecule has 2 rings (SSSR count). The van der Waals surface area contributed by atoms with Crippen LogP contribution in [0.3, 0.4) is 0 Å². The van der Waals surface area contributed by atoms with Gasteiger partial charge in [-0.15, -0.1) is 0 Å². The summed E-state index contributed by atoms with van der Waals surface area (Å²) in [6.45, 7) is 8.70. The van der Waals surface area contributed by atoms with Gasteiger partial charge in [-0.2, -0.15) is 0 Å². The standard InChI is InChI=1S/C15H23N3O2/c1-15(2,3)20-14(19)17-12-6-7-13(16-10-12)11-18-8-4-5-9-18/h6-7,10H,4-5,8-9,11H2,1-3H3,(H,17,19). The van der Waals surface area contributed by atoms with Crippen LogP contribution in [-0.4, -0.2) is 34.7 Å². The number of carbonyl (C=O) groups is 1. The first-order chi connectivity index (χ1) is 9.42. The summed E-state index contributed by atoms with van der Waals surface area (Å²) in [6, 6.07) is 3.81. The summed E-state index contributed by atoms with van der Waals surface area (Å²) in [6.07, 6.45) is 3.78. The molecule has 5 heteroatoms. The molecule has 0 spiro atoms. The van der Waals surface area contributed by atoms with E-state index >= 15 is 0 Å². The lowest BCUT2D eigenvalue weighted by molar-refractivity contribution is 0.0636. The molecule has 0 unspecified atom stereocenters. The van der Waals surface area contributed by atoms with Gasteiger partial charge in [-0.3, -0.25) is 15.2 Å². The Morgan fingerprint density at radius 2 is 2.05 bits per heavy atom. The van der Waals surface area contributed by atoms with E-state index in [4.69, 9.17) is 4.74 Å². The number of nitrogens with one attached hydrogen (secondary N) is 1. The topological polar surface area (TPSA) is 54.5 Å². The number of carbonyl (C=O) groups excluding carboxylic acids is 1. The first kappa shape index (κ1) is 14.8. The van der Waals surface area contributed by atoms with Gasteiger partial charge in [0.25, 0.3) is 0 Å². The highest BCUT2D eigenvalue weighted by atomic mass is 16.6. The lowest BCUT2D eigenvalue weighted by Crippen LogP contribution is -2.27. The molecule has 5 nitrogen and oxygen atoms in total. The zero-order valence-electron chi connectivity index (χ0n) is 12.5. The number of hydrogen-bond donors (Lipinski definition) is 1. The molecule has 20 heavy (non-hydrogen) atoms. The van der Waals surface area contributed by atoms with Crippen molar-refractivity contribution < 1.29 is 9.53 Å². The van der Waals surface area contributed by atoms with Crippen LogP contribution in [0.1, 0.15) is 39.3 Å². The SMILES string of the molecule is CC(C)(C)OC(=O)Nc1ccc(CN2CCCC2)nc1. The second kappa shape index (κ2) is 6.22. The fourth-order valence-electron chi connectivity index (χ4n) is 2.18. The smallest absolute Gasteiger partial charge is 0.412 e. The molecule has 1 fully saturated rings. The van der Waals surface area contributed by atoms with Gasteiger partial charge >= 0.3 is 6.09 Å². The van der Waals surface area contributed by atoms with Gasteiger partial charge in [0.1, 0.15) is 5.60 Å². The van der Waals surface area contributed by atoms with Crippen molar-refractivity contribution in [3.05, 3.63) is 24.0 Å². The monoisotopic (exact) mass is 277 g/mol. The third-order valence-corrected chi connectivity index (χ3v) is 3.05. The minimum Gasteiger partial charge on any atom is -0.444 e. The van der Waals surface area contributed by atoms with E-state index in [0.717, 1.165) is 25.3 Å². The van der Waals surface area contributed by atoms with E-state index in [-0.39, 0.29) is 0 Å². The number of hydrogen-bond acceptors (Lipinski definition) is 4. The van der Waals surface area contributed by atoms with Crippen LogP contribution in [0.25, 0.3) is 0 Å². The molecule has 0 atom stereocenters. The van der Waals surface area contributed by atoms with E-state index in [2.05, 4.69) is 15.2 Å². The molecule has 0 bridgehead atoms. The van der Waals surface area contributed by atoms with Crippen molar-refractivity contribution in [2.75, 3.05) is 18.4 Å². The van der Waals surface area contributed by atoms with Crippen molar-refractivity contribution >= 4 is 11.8 Å². The van der Waals surface area contributed by atoms with Gasteiger partial charge in [-0.25, -0.2) is 4.79 Å². The molecule has 1 aliphatic rings. The maximum absolute atomic E-state index is 11.6. The summed E-state index contributed by atoms with van der Waals surface area (Å²) in [5.74, 6) is 0. The fraction of sp³-hybridized carbons (Fsp3) is 0.600. The highest BCUT2D eigenvalue weighted by Crippen LogP contribution is 2.14. The lowest BCUT2D eigenvalue weighted by Gasteiger charge is -2.19. The number of ether oxygens (including phenoxy) is 1. The van der Waals surface area contributed by atoms with Gasteiger partial charge < -0.3 is 4.74 Å². The Bertz CT molecular complexity index is 445. The van der Waals surface area contributed by atoms with E-state index in [1.54, 1.807) is 6.20 Å². The Morgan fingerprint density at radius 3 is 2.60 bits per heavy atom. The van der Waals surface area contributed by atoms with Crippen LogP contribution >= 0.6 is 0 Å².